The molecule has 1 heterocycles. The average molecular weight is 276 g/mol. The minimum Gasteiger partial charge on any atom is -0.396 e. The summed E-state index contributed by atoms with van der Waals surface area (Å²) in [4.78, 5) is 2.60. The van der Waals surface area contributed by atoms with Gasteiger partial charge in [0.2, 0.25) is 0 Å². The zero-order chi connectivity index (χ0) is 10.7. The van der Waals surface area contributed by atoms with Crippen LogP contribution in [0.2, 0.25) is 0 Å². The van der Waals surface area contributed by atoms with Crippen molar-refractivity contribution in [2.75, 3.05) is 31.6 Å². The van der Waals surface area contributed by atoms with E-state index in [4.69, 9.17) is 5.11 Å². The second-order valence-corrected chi connectivity index (χ2v) is 5.95. The fraction of sp³-hybridized carbons (Fsp3) is 1.00. The van der Waals surface area contributed by atoms with E-state index in [2.05, 4.69) is 20.8 Å². The number of halogens is 1. The molecule has 0 amide bonds. The van der Waals surface area contributed by atoms with Crippen molar-refractivity contribution >= 4 is 15.9 Å². The van der Waals surface area contributed by atoms with E-state index in [0.717, 1.165) is 0 Å². The van der Waals surface area contributed by atoms with Crippen LogP contribution in [-0.4, -0.2) is 41.6 Å². The van der Waals surface area contributed by atoms with Crippen LogP contribution in [-0.2, 0) is 0 Å². The second-order valence-electron chi connectivity index (χ2n) is 5.39. The summed E-state index contributed by atoms with van der Waals surface area (Å²) in [6.07, 6.45) is 6.60. The quantitative estimate of drug-likeness (QED) is 0.796. The lowest BCUT2D eigenvalue weighted by molar-refractivity contribution is 0.0582. The molecule has 2 nitrogen and oxygen atoms in total. The lowest BCUT2D eigenvalue weighted by Gasteiger charge is -2.45. The van der Waals surface area contributed by atoms with E-state index < -0.39 is 0 Å². The van der Waals surface area contributed by atoms with E-state index in [-0.39, 0.29) is 0 Å². The molecule has 0 aromatic carbocycles. The summed E-state index contributed by atoms with van der Waals surface area (Å²) < 4.78 is 0. The standard InChI is InChI=1S/C12H22BrNO/c13-9-12(4-1-5-12)10-14-6-2-11(8-15)3-7-14/h11,15H,1-10H2. The third kappa shape index (κ3) is 2.75. The fourth-order valence-corrected chi connectivity index (χ4v) is 3.55. The van der Waals surface area contributed by atoms with Crippen LogP contribution in [0.1, 0.15) is 32.1 Å². The van der Waals surface area contributed by atoms with Gasteiger partial charge in [-0.3, -0.25) is 0 Å². The summed E-state index contributed by atoms with van der Waals surface area (Å²) >= 11 is 3.67. The highest BCUT2D eigenvalue weighted by Gasteiger charge is 2.37. The third-order valence-electron chi connectivity index (χ3n) is 4.22. The minimum absolute atomic E-state index is 0.386. The second kappa shape index (κ2) is 5.15. The Hall–Kier alpha value is 0.400. The molecule has 0 aromatic rings. The van der Waals surface area contributed by atoms with Gasteiger partial charge in [0.15, 0.2) is 0 Å². The molecule has 3 heteroatoms. The Bertz CT molecular complexity index is 192. The molecule has 1 saturated carbocycles. The van der Waals surface area contributed by atoms with Crippen molar-refractivity contribution < 1.29 is 5.11 Å². The first-order valence-electron chi connectivity index (χ1n) is 6.17. The predicted octanol–water partition coefficient (Wildman–Crippen LogP) is 2.26. The van der Waals surface area contributed by atoms with Gasteiger partial charge in [-0.05, 0) is 50.1 Å². The van der Waals surface area contributed by atoms with Crippen LogP contribution in [0.5, 0.6) is 0 Å². The highest BCUT2D eigenvalue weighted by Crippen LogP contribution is 2.43. The number of hydrogen-bond donors (Lipinski definition) is 1. The zero-order valence-corrected chi connectivity index (χ0v) is 11.0. The van der Waals surface area contributed by atoms with Crippen molar-refractivity contribution in [3.63, 3.8) is 0 Å². The highest BCUT2D eigenvalue weighted by molar-refractivity contribution is 9.09. The highest BCUT2D eigenvalue weighted by atomic mass is 79.9. The summed E-state index contributed by atoms with van der Waals surface area (Å²) in [5, 5.41) is 10.3. The monoisotopic (exact) mass is 275 g/mol. The number of hydrogen-bond acceptors (Lipinski definition) is 2. The third-order valence-corrected chi connectivity index (χ3v) is 5.41. The lowest BCUT2D eigenvalue weighted by atomic mass is 9.70. The van der Waals surface area contributed by atoms with Gasteiger partial charge in [0, 0.05) is 18.5 Å². The molecular formula is C12H22BrNO. The normalized spacial score (nSPS) is 27.6. The maximum atomic E-state index is 9.09. The molecule has 88 valence electrons. The molecule has 0 unspecified atom stereocenters. The first kappa shape index (κ1) is 11.9. The van der Waals surface area contributed by atoms with Gasteiger partial charge >= 0.3 is 0 Å². The predicted molar refractivity (Wildman–Crippen MR) is 66.3 cm³/mol. The van der Waals surface area contributed by atoms with Crippen molar-refractivity contribution in [3.05, 3.63) is 0 Å². The number of nitrogens with zero attached hydrogens (tertiary/aromatic N) is 1. The fourth-order valence-electron chi connectivity index (χ4n) is 2.81. The summed E-state index contributed by atoms with van der Waals surface area (Å²) in [7, 11) is 0. The molecule has 1 aliphatic carbocycles. The molecule has 1 aliphatic heterocycles. The van der Waals surface area contributed by atoms with Crippen LogP contribution in [0.25, 0.3) is 0 Å². The largest absolute Gasteiger partial charge is 0.396 e. The Labute approximate surface area is 101 Å². The van der Waals surface area contributed by atoms with Crippen LogP contribution in [0, 0.1) is 11.3 Å². The Kier molecular flexibility index (Phi) is 4.08. The molecule has 0 spiro atoms. The number of likely N-dealkylation sites (tertiary alicyclic amines) is 1. The number of rotatable bonds is 4. The van der Waals surface area contributed by atoms with E-state index >= 15 is 0 Å². The van der Waals surface area contributed by atoms with Crippen LogP contribution in [0.3, 0.4) is 0 Å². The van der Waals surface area contributed by atoms with Gasteiger partial charge in [-0.15, -0.1) is 0 Å². The molecule has 0 aromatic heterocycles. The van der Waals surface area contributed by atoms with Gasteiger partial charge in [0.1, 0.15) is 0 Å². The van der Waals surface area contributed by atoms with Gasteiger partial charge < -0.3 is 10.0 Å². The first-order chi connectivity index (χ1) is 7.28. The van der Waals surface area contributed by atoms with E-state index in [9.17, 15) is 0 Å². The van der Waals surface area contributed by atoms with Crippen LogP contribution < -0.4 is 0 Å². The van der Waals surface area contributed by atoms with Gasteiger partial charge in [-0.25, -0.2) is 0 Å². The molecule has 2 fully saturated rings. The maximum absolute atomic E-state index is 9.09. The Morgan fingerprint density at radius 3 is 2.33 bits per heavy atom. The van der Waals surface area contributed by atoms with E-state index in [0.29, 0.717) is 17.9 Å². The van der Waals surface area contributed by atoms with Crippen LogP contribution >= 0.6 is 15.9 Å². The first-order valence-corrected chi connectivity index (χ1v) is 7.29. The molecule has 0 atom stereocenters. The number of alkyl halides is 1. The Morgan fingerprint density at radius 2 is 1.93 bits per heavy atom. The summed E-state index contributed by atoms with van der Waals surface area (Å²) in [6.45, 7) is 4.05. The smallest absolute Gasteiger partial charge is 0.0460 e. The zero-order valence-electron chi connectivity index (χ0n) is 9.42. The minimum atomic E-state index is 0.386. The average Bonchev–Trinajstić information content (AvgIpc) is 2.24. The number of piperidine rings is 1. The van der Waals surface area contributed by atoms with Gasteiger partial charge in [0.25, 0.3) is 0 Å². The molecule has 2 rings (SSSR count). The Morgan fingerprint density at radius 1 is 1.27 bits per heavy atom. The van der Waals surface area contributed by atoms with Crippen molar-refractivity contribution in [1.29, 1.82) is 0 Å². The Balaban J connectivity index is 1.76. The van der Waals surface area contributed by atoms with Crippen LogP contribution in [0.15, 0.2) is 0 Å². The van der Waals surface area contributed by atoms with Crippen molar-refractivity contribution in [3.8, 4) is 0 Å². The van der Waals surface area contributed by atoms with Crippen molar-refractivity contribution in [2.45, 2.75) is 32.1 Å². The van der Waals surface area contributed by atoms with Gasteiger partial charge in [0.05, 0.1) is 0 Å². The van der Waals surface area contributed by atoms with Crippen molar-refractivity contribution in [1.82, 2.24) is 4.90 Å². The van der Waals surface area contributed by atoms with E-state index in [1.54, 1.807) is 0 Å². The molecule has 1 N–H and O–H groups in total. The molecule has 15 heavy (non-hydrogen) atoms. The lowest BCUT2D eigenvalue weighted by Crippen LogP contribution is -2.46. The molecule has 0 radical (unpaired) electrons. The van der Waals surface area contributed by atoms with E-state index in [1.165, 1.54) is 57.1 Å². The van der Waals surface area contributed by atoms with Crippen molar-refractivity contribution in [2.24, 2.45) is 11.3 Å². The molecule has 1 saturated heterocycles. The summed E-state index contributed by atoms with van der Waals surface area (Å²) in [6, 6.07) is 0. The molecular weight excluding hydrogens is 254 g/mol. The summed E-state index contributed by atoms with van der Waals surface area (Å²) in [5.74, 6) is 0.572. The number of aliphatic hydroxyl groups is 1. The van der Waals surface area contributed by atoms with Gasteiger partial charge in [-0.2, -0.15) is 0 Å². The SMILES string of the molecule is OCC1CCN(CC2(CBr)CCC2)CC1. The van der Waals surface area contributed by atoms with E-state index in [1.807, 2.05) is 0 Å². The van der Waals surface area contributed by atoms with Gasteiger partial charge in [-0.1, -0.05) is 22.4 Å². The van der Waals surface area contributed by atoms with Crippen LogP contribution in [0.4, 0.5) is 0 Å². The summed E-state index contributed by atoms with van der Waals surface area (Å²) in [5.41, 5.74) is 0.589. The molecule has 2 aliphatic rings. The molecule has 0 bridgehead atoms. The maximum Gasteiger partial charge on any atom is 0.0460 e. The number of aliphatic hydroxyl groups excluding tert-OH is 1. The topological polar surface area (TPSA) is 23.5 Å².